The summed E-state index contributed by atoms with van der Waals surface area (Å²) in [4.78, 5) is 0. The van der Waals surface area contributed by atoms with Gasteiger partial charge in [-0.3, -0.25) is 4.68 Å². The van der Waals surface area contributed by atoms with Gasteiger partial charge in [-0.1, -0.05) is 0 Å². The number of halogens is 4. The lowest BCUT2D eigenvalue weighted by Gasteiger charge is -2.22. The third kappa shape index (κ3) is 2.89. The molecule has 1 aliphatic heterocycles. The fourth-order valence-electron chi connectivity index (χ4n) is 1.76. The number of hydrogen-bond donors (Lipinski definition) is 1. The van der Waals surface area contributed by atoms with Gasteiger partial charge in [0, 0.05) is 6.20 Å². The molecule has 0 unspecified atom stereocenters. The molecule has 1 N–H and O–H groups in total. The van der Waals surface area contributed by atoms with Crippen molar-refractivity contribution >= 4 is 12.4 Å². The van der Waals surface area contributed by atoms with Crippen LogP contribution in [0.5, 0.6) is 0 Å². The predicted molar refractivity (Wildman–Crippen MR) is 55.6 cm³/mol. The lowest BCUT2D eigenvalue weighted by Crippen LogP contribution is -2.29. The molecule has 92 valence electrons. The summed E-state index contributed by atoms with van der Waals surface area (Å²) < 4.78 is 38.3. The average Bonchev–Trinajstić information content (AvgIpc) is 2.67. The summed E-state index contributed by atoms with van der Waals surface area (Å²) in [5, 5.41) is 6.93. The van der Waals surface area contributed by atoms with Crippen molar-refractivity contribution in [2.24, 2.45) is 0 Å². The summed E-state index contributed by atoms with van der Waals surface area (Å²) in [7, 11) is 0. The Morgan fingerprint density at radius 1 is 1.31 bits per heavy atom. The SMILES string of the molecule is Cl.FC(F)(F)c1cnn(C2CCNCC2)c1. The highest BCUT2D eigenvalue weighted by Crippen LogP contribution is 2.30. The molecule has 7 heteroatoms. The van der Waals surface area contributed by atoms with Crippen LogP contribution in [0.1, 0.15) is 24.4 Å². The molecule has 0 atom stereocenters. The van der Waals surface area contributed by atoms with Gasteiger partial charge >= 0.3 is 6.18 Å². The van der Waals surface area contributed by atoms with Crippen molar-refractivity contribution in [3.8, 4) is 0 Å². The second-order valence-corrected chi connectivity index (χ2v) is 3.69. The molecule has 0 radical (unpaired) electrons. The number of nitrogens with one attached hydrogen (secondary N) is 1. The van der Waals surface area contributed by atoms with Crippen molar-refractivity contribution in [3.05, 3.63) is 18.0 Å². The molecule has 1 fully saturated rings. The van der Waals surface area contributed by atoms with E-state index in [2.05, 4.69) is 10.4 Å². The van der Waals surface area contributed by atoms with E-state index >= 15 is 0 Å². The van der Waals surface area contributed by atoms with Crippen molar-refractivity contribution in [2.45, 2.75) is 25.1 Å². The van der Waals surface area contributed by atoms with Gasteiger partial charge in [-0.05, 0) is 25.9 Å². The van der Waals surface area contributed by atoms with E-state index < -0.39 is 11.7 Å². The number of alkyl halides is 3. The van der Waals surface area contributed by atoms with Crippen LogP contribution in [0.25, 0.3) is 0 Å². The Morgan fingerprint density at radius 2 is 1.94 bits per heavy atom. The number of aromatic nitrogens is 2. The van der Waals surface area contributed by atoms with Crippen molar-refractivity contribution in [2.75, 3.05) is 13.1 Å². The normalized spacial score (nSPS) is 18.2. The largest absolute Gasteiger partial charge is 0.419 e. The zero-order chi connectivity index (χ0) is 10.9. The molecule has 0 spiro atoms. The summed E-state index contributed by atoms with van der Waals surface area (Å²) in [6.45, 7) is 1.68. The summed E-state index contributed by atoms with van der Waals surface area (Å²) in [6, 6.07) is 0.0994. The van der Waals surface area contributed by atoms with Gasteiger partial charge in [0.2, 0.25) is 0 Å². The summed E-state index contributed by atoms with van der Waals surface area (Å²) >= 11 is 0. The fraction of sp³-hybridized carbons (Fsp3) is 0.667. The quantitative estimate of drug-likeness (QED) is 0.834. The maximum Gasteiger partial charge on any atom is 0.419 e. The highest BCUT2D eigenvalue weighted by Gasteiger charge is 2.32. The Bertz CT molecular complexity index is 331. The first-order chi connectivity index (χ1) is 7.07. The molecule has 2 heterocycles. The van der Waals surface area contributed by atoms with E-state index in [1.54, 1.807) is 0 Å². The molecule has 3 nitrogen and oxygen atoms in total. The molecule has 1 aliphatic rings. The molecule has 0 aliphatic carbocycles. The first kappa shape index (κ1) is 13.3. The minimum absolute atomic E-state index is 0. The van der Waals surface area contributed by atoms with E-state index in [1.165, 1.54) is 4.68 Å². The van der Waals surface area contributed by atoms with Gasteiger partial charge in [-0.15, -0.1) is 12.4 Å². The van der Waals surface area contributed by atoms with E-state index in [0.717, 1.165) is 38.3 Å². The maximum absolute atomic E-state index is 12.3. The van der Waals surface area contributed by atoms with Crippen LogP contribution >= 0.6 is 12.4 Å². The zero-order valence-electron chi connectivity index (χ0n) is 8.50. The number of piperidine rings is 1. The number of hydrogen-bond acceptors (Lipinski definition) is 2. The van der Waals surface area contributed by atoms with Gasteiger partial charge in [0.25, 0.3) is 0 Å². The van der Waals surface area contributed by atoms with Gasteiger partial charge in [-0.2, -0.15) is 18.3 Å². The molecule has 2 rings (SSSR count). The van der Waals surface area contributed by atoms with Crippen molar-refractivity contribution in [1.82, 2.24) is 15.1 Å². The van der Waals surface area contributed by atoms with Crippen LogP contribution in [0.4, 0.5) is 13.2 Å². The Kier molecular flexibility index (Phi) is 4.21. The van der Waals surface area contributed by atoms with Crippen LogP contribution in [0.2, 0.25) is 0 Å². The first-order valence-electron chi connectivity index (χ1n) is 4.89. The second-order valence-electron chi connectivity index (χ2n) is 3.69. The Balaban J connectivity index is 0.00000128. The topological polar surface area (TPSA) is 29.9 Å². The van der Waals surface area contributed by atoms with Crippen molar-refractivity contribution < 1.29 is 13.2 Å². The third-order valence-corrected chi connectivity index (χ3v) is 2.61. The van der Waals surface area contributed by atoms with Crippen molar-refractivity contribution in [1.29, 1.82) is 0 Å². The molecule has 0 amide bonds. The summed E-state index contributed by atoms with van der Waals surface area (Å²) in [6.07, 6.45) is -0.638. The average molecular weight is 256 g/mol. The smallest absolute Gasteiger partial charge is 0.317 e. The van der Waals surface area contributed by atoms with Gasteiger partial charge in [0.1, 0.15) is 0 Å². The lowest BCUT2D eigenvalue weighted by molar-refractivity contribution is -0.137. The zero-order valence-corrected chi connectivity index (χ0v) is 9.31. The minimum atomic E-state index is -4.29. The molecule has 1 aromatic rings. The van der Waals surface area contributed by atoms with Gasteiger partial charge in [0.15, 0.2) is 0 Å². The maximum atomic E-state index is 12.3. The molecule has 1 saturated heterocycles. The number of nitrogens with zero attached hydrogens (tertiary/aromatic N) is 2. The highest BCUT2D eigenvalue weighted by atomic mass is 35.5. The highest BCUT2D eigenvalue weighted by molar-refractivity contribution is 5.85. The lowest BCUT2D eigenvalue weighted by atomic mass is 10.1. The number of rotatable bonds is 1. The van der Waals surface area contributed by atoms with Gasteiger partial charge in [-0.25, -0.2) is 0 Å². The van der Waals surface area contributed by atoms with Crippen LogP contribution in [-0.4, -0.2) is 22.9 Å². The fourth-order valence-corrected chi connectivity index (χ4v) is 1.76. The minimum Gasteiger partial charge on any atom is -0.317 e. The standard InChI is InChI=1S/C9H12F3N3.ClH/c10-9(11,12)7-5-14-15(6-7)8-1-3-13-4-2-8;/h5-6,8,13H,1-4H2;1H. The van der Waals surface area contributed by atoms with Crippen LogP contribution in [0.15, 0.2) is 12.4 Å². The molecular formula is C9H13ClF3N3. The van der Waals surface area contributed by atoms with E-state index in [1.807, 2.05) is 0 Å². The molecule has 0 aromatic carbocycles. The molecule has 16 heavy (non-hydrogen) atoms. The first-order valence-corrected chi connectivity index (χ1v) is 4.89. The Morgan fingerprint density at radius 3 is 2.44 bits per heavy atom. The van der Waals surface area contributed by atoms with E-state index in [-0.39, 0.29) is 18.4 Å². The Hall–Kier alpha value is -0.750. The Labute approximate surface area is 97.4 Å². The van der Waals surface area contributed by atoms with E-state index in [9.17, 15) is 13.2 Å². The second kappa shape index (κ2) is 5.05. The summed E-state index contributed by atoms with van der Waals surface area (Å²) in [5.74, 6) is 0. The van der Waals surface area contributed by atoms with Crippen LogP contribution in [0, 0.1) is 0 Å². The van der Waals surface area contributed by atoms with Crippen LogP contribution < -0.4 is 5.32 Å². The molecular weight excluding hydrogens is 243 g/mol. The van der Waals surface area contributed by atoms with Crippen LogP contribution in [0.3, 0.4) is 0 Å². The predicted octanol–water partition coefficient (Wildman–Crippen LogP) is 2.25. The molecule has 0 bridgehead atoms. The van der Waals surface area contributed by atoms with Gasteiger partial charge in [0.05, 0.1) is 17.8 Å². The van der Waals surface area contributed by atoms with Crippen molar-refractivity contribution in [3.63, 3.8) is 0 Å². The third-order valence-electron chi connectivity index (χ3n) is 2.61. The molecule has 1 aromatic heterocycles. The van der Waals surface area contributed by atoms with E-state index in [0.29, 0.717) is 0 Å². The summed E-state index contributed by atoms with van der Waals surface area (Å²) in [5.41, 5.74) is -0.666. The molecule has 0 saturated carbocycles. The monoisotopic (exact) mass is 255 g/mol. The van der Waals surface area contributed by atoms with Crippen LogP contribution in [-0.2, 0) is 6.18 Å². The van der Waals surface area contributed by atoms with Gasteiger partial charge < -0.3 is 5.32 Å². The van der Waals surface area contributed by atoms with E-state index in [4.69, 9.17) is 0 Å².